The molecule has 2 aliphatic heterocycles. The van der Waals surface area contributed by atoms with Crippen LogP contribution in [0.2, 0.25) is 0 Å². The van der Waals surface area contributed by atoms with E-state index in [0.717, 1.165) is 40.6 Å². The molecule has 0 radical (unpaired) electrons. The maximum Gasteiger partial charge on any atom is 0.233 e. The summed E-state index contributed by atoms with van der Waals surface area (Å²) in [6.07, 6.45) is 0. The monoisotopic (exact) mass is 430 g/mol. The van der Waals surface area contributed by atoms with Crippen molar-refractivity contribution in [2.45, 2.75) is 25.4 Å². The molecule has 2 aliphatic rings. The molecule has 0 bridgehead atoms. The zero-order valence-corrected chi connectivity index (χ0v) is 18.2. The lowest BCUT2D eigenvalue weighted by molar-refractivity contribution is -0.127. The first-order valence-corrected chi connectivity index (χ1v) is 10.7. The van der Waals surface area contributed by atoms with Gasteiger partial charge in [-0.05, 0) is 55.4 Å². The van der Waals surface area contributed by atoms with Crippen molar-refractivity contribution in [2.75, 3.05) is 25.7 Å². The molecule has 7 nitrogen and oxygen atoms in total. The van der Waals surface area contributed by atoms with Gasteiger partial charge < -0.3 is 25.0 Å². The maximum absolute atomic E-state index is 13.5. The van der Waals surface area contributed by atoms with E-state index in [1.165, 1.54) is 0 Å². The number of benzene rings is 2. The van der Waals surface area contributed by atoms with E-state index in [1.807, 2.05) is 68.6 Å². The number of ether oxygens (including phenoxy) is 2. The third-order valence-electron chi connectivity index (χ3n) is 5.97. The average Bonchev–Trinajstić information content (AvgIpc) is 3.26. The van der Waals surface area contributed by atoms with Crippen molar-refractivity contribution in [1.29, 1.82) is 0 Å². The number of hydrogen-bond acceptors (Lipinski definition) is 6. The van der Waals surface area contributed by atoms with Crippen LogP contribution < -0.4 is 20.1 Å². The average molecular weight is 431 g/mol. The summed E-state index contributed by atoms with van der Waals surface area (Å²) in [5, 5.41) is 6.45. The molecule has 1 amide bonds. The van der Waals surface area contributed by atoms with Gasteiger partial charge in [-0.15, -0.1) is 0 Å². The van der Waals surface area contributed by atoms with Gasteiger partial charge in [0.15, 0.2) is 11.5 Å². The first kappa shape index (κ1) is 20.3. The minimum absolute atomic E-state index is 0.0488. The van der Waals surface area contributed by atoms with Gasteiger partial charge in [0.05, 0.1) is 5.69 Å². The Balaban J connectivity index is 1.38. The van der Waals surface area contributed by atoms with Gasteiger partial charge in [0.2, 0.25) is 12.7 Å². The molecular weight excluding hydrogens is 404 g/mol. The van der Waals surface area contributed by atoms with Crippen LogP contribution in [0.15, 0.2) is 60.7 Å². The Morgan fingerprint density at radius 1 is 1.09 bits per heavy atom. The molecular formula is C25H26N4O3. The van der Waals surface area contributed by atoms with Gasteiger partial charge in [-0.2, -0.15) is 0 Å². The lowest BCUT2D eigenvalue weighted by atomic mass is 9.79. The van der Waals surface area contributed by atoms with E-state index in [1.54, 1.807) is 0 Å². The molecule has 0 aliphatic carbocycles. The fourth-order valence-corrected chi connectivity index (χ4v) is 4.40. The number of pyridine rings is 1. The Kier molecular flexibility index (Phi) is 5.19. The Morgan fingerprint density at radius 3 is 2.75 bits per heavy atom. The molecule has 0 saturated heterocycles. The number of amides is 1. The lowest BCUT2D eigenvalue weighted by Crippen LogP contribution is -2.52. The number of para-hydroxylation sites is 1. The third-order valence-corrected chi connectivity index (χ3v) is 5.97. The molecule has 164 valence electrons. The lowest BCUT2D eigenvalue weighted by Gasteiger charge is -2.38. The minimum Gasteiger partial charge on any atom is -0.454 e. The number of carbonyl (C=O) groups excluding carboxylic acids is 1. The van der Waals surface area contributed by atoms with E-state index < -0.39 is 5.41 Å². The molecule has 1 aromatic heterocycles. The summed E-state index contributed by atoms with van der Waals surface area (Å²) in [6, 6.07) is 19.7. The Bertz CT molecular complexity index is 1150. The smallest absolute Gasteiger partial charge is 0.233 e. The highest BCUT2D eigenvalue weighted by molar-refractivity contribution is 5.88. The van der Waals surface area contributed by atoms with E-state index in [4.69, 9.17) is 14.5 Å². The van der Waals surface area contributed by atoms with Crippen molar-refractivity contribution < 1.29 is 14.3 Å². The number of nitrogens with zero attached hydrogens (tertiary/aromatic N) is 2. The second kappa shape index (κ2) is 8.16. The molecule has 1 atom stereocenters. The maximum atomic E-state index is 13.5. The molecule has 5 rings (SSSR count). The molecule has 7 heteroatoms. The van der Waals surface area contributed by atoms with E-state index in [2.05, 4.69) is 21.6 Å². The number of fused-ring (bicyclic) bond motifs is 2. The molecule has 2 aromatic carbocycles. The van der Waals surface area contributed by atoms with Crippen LogP contribution in [0.1, 0.15) is 23.7 Å². The van der Waals surface area contributed by atoms with E-state index >= 15 is 0 Å². The largest absolute Gasteiger partial charge is 0.454 e. The van der Waals surface area contributed by atoms with E-state index in [9.17, 15) is 4.79 Å². The summed E-state index contributed by atoms with van der Waals surface area (Å²) in [4.78, 5) is 20.5. The summed E-state index contributed by atoms with van der Waals surface area (Å²) in [5.41, 5.74) is 3.04. The number of anilines is 2. The van der Waals surface area contributed by atoms with Crippen LogP contribution in [0.5, 0.6) is 11.5 Å². The van der Waals surface area contributed by atoms with Crippen molar-refractivity contribution in [3.8, 4) is 11.5 Å². The number of carbonyl (C=O) groups is 1. The summed E-state index contributed by atoms with van der Waals surface area (Å²) in [6.45, 7) is 3.97. The van der Waals surface area contributed by atoms with Crippen molar-refractivity contribution in [2.24, 2.45) is 0 Å². The van der Waals surface area contributed by atoms with Gasteiger partial charge in [0, 0.05) is 25.3 Å². The van der Waals surface area contributed by atoms with Gasteiger partial charge in [0.1, 0.15) is 11.2 Å². The fourth-order valence-electron chi connectivity index (χ4n) is 4.40. The Morgan fingerprint density at radius 2 is 1.91 bits per heavy atom. The van der Waals surface area contributed by atoms with Gasteiger partial charge in [-0.25, -0.2) is 4.98 Å². The normalized spacial score (nSPS) is 19.3. The van der Waals surface area contributed by atoms with Gasteiger partial charge >= 0.3 is 0 Å². The third kappa shape index (κ3) is 3.87. The highest BCUT2D eigenvalue weighted by Gasteiger charge is 2.42. The zero-order chi connectivity index (χ0) is 22.1. The van der Waals surface area contributed by atoms with E-state index in [-0.39, 0.29) is 12.7 Å². The minimum atomic E-state index is -0.771. The van der Waals surface area contributed by atoms with Crippen LogP contribution in [0.4, 0.5) is 11.5 Å². The Labute approximate surface area is 187 Å². The fraction of sp³-hybridized carbons (Fsp3) is 0.280. The molecule has 1 unspecified atom stereocenters. The standard InChI is InChI=1S/C25H26N4O3/c1-25(24(30)26-13-17-8-10-20-21(12-17)32-16-31-20)15-29(2)14-18-9-11-22(28-23(18)25)27-19-6-4-3-5-7-19/h3-12H,13-16H2,1-2H3,(H,26,30)(H,27,28). The Hall–Kier alpha value is -3.58. The first-order chi connectivity index (χ1) is 15.5. The summed E-state index contributed by atoms with van der Waals surface area (Å²) in [7, 11) is 2.03. The van der Waals surface area contributed by atoms with Crippen molar-refractivity contribution >= 4 is 17.4 Å². The second-order valence-corrected chi connectivity index (χ2v) is 8.57. The number of hydrogen-bond donors (Lipinski definition) is 2. The first-order valence-electron chi connectivity index (χ1n) is 10.7. The van der Waals surface area contributed by atoms with Crippen LogP contribution >= 0.6 is 0 Å². The van der Waals surface area contributed by atoms with Crippen LogP contribution in [0.25, 0.3) is 0 Å². The number of rotatable bonds is 5. The highest BCUT2D eigenvalue weighted by Crippen LogP contribution is 2.35. The molecule has 0 spiro atoms. The van der Waals surface area contributed by atoms with Crippen LogP contribution in [0.3, 0.4) is 0 Å². The predicted molar refractivity (Wildman–Crippen MR) is 122 cm³/mol. The van der Waals surface area contributed by atoms with Crippen molar-refractivity contribution in [3.63, 3.8) is 0 Å². The van der Waals surface area contributed by atoms with Crippen LogP contribution in [0, 0.1) is 0 Å². The van der Waals surface area contributed by atoms with Crippen LogP contribution in [-0.4, -0.2) is 36.2 Å². The quantitative estimate of drug-likeness (QED) is 0.645. The number of aromatic nitrogens is 1. The van der Waals surface area contributed by atoms with Crippen LogP contribution in [-0.2, 0) is 23.3 Å². The summed E-state index contributed by atoms with van der Waals surface area (Å²) < 4.78 is 10.8. The van der Waals surface area contributed by atoms with Gasteiger partial charge in [-0.1, -0.05) is 30.3 Å². The predicted octanol–water partition coefficient (Wildman–Crippen LogP) is 3.57. The van der Waals surface area contributed by atoms with Gasteiger partial charge in [0.25, 0.3) is 0 Å². The molecule has 0 saturated carbocycles. The summed E-state index contributed by atoms with van der Waals surface area (Å²) in [5.74, 6) is 2.13. The number of likely N-dealkylation sites (N-methyl/N-ethyl adjacent to an activating group) is 1. The number of nitrogens with one attached hydrogen (secondary N) is 2. The molecule has 3 aromatic rings. The van der Waals surface area contributed by atoms with Crippen molar-refractivity contribution in [1.82, 2.24) is 15.2 Å². The molecule has 2 N–H and O–H groups in total. The zero-order valence-electron chi connectivity index (χ0n) is 18.2. The second-order valence-electron chi connectivity index (χ2n) is 8.57. The molecule has 32 heavy (non-hydrogen) atoms. The highest BCUT2D eigenvalue weighted by atomic mass is 16.7. The van der Waals surface area contributed by atoms with Gasteiger partial charge in [-0.3, -0.25) is 4.79 Å². The molecule has 0 fully saturated rings. The van der Waals surface area contributed by atoms with Crippen molar-refractivity contribution in [3.05, 3.63) is 77.5 Å². The summed E-state index contributed by atoms with van der Waals surface area (Å²) >= 11 is 0. The topological polar surface area (TPSA) is 75.7 Å². The van der Waals surface area contributed by atoms with E-state index in [0.29, 0.717) is 18.8 Å². The molecule has 3 heterocycles. The SMILES string of the molecule is CN1Cc2ccc(Nc3ccccc3)nc2C(C)(C(=O)NCc2ccc3c(c2)OCO3)C1.